The second kappa shape index (κ2) is 5.63. The molecule has 6 heteroatoms. The van der Waals surface area contributed by atoms with E-state index in [9.17, 15) is 12.8 Å². The van der Waals surface area contributed by atoms with E-state index in [1.165, 1.54) is 12.1 Å². The predicted octanol–water partition coefficient (Wildman–Crippen LogP) is 2.14. The van der Waals surface area contributed by atoms with Crippen molar-refractivity contribution >= 4 is 25.8 Å². The van der Waals surface area contributed by atoms with Crippen molar-refractivity contribution in [3.05, 3.63) is 29.6 Å². The minimum atomic E-state index is -3.05. The molecule has 0 N–H and O–H groups in total. The first-order valence-corrected chi connectivity index (χ1v) is 7.75. The fourth-order valence-corrected chi connectivity index (χ4v) is 1.80. The summed E-state index contributed by atoms with van der Waals surface area (Å²) in [6, 6.07) is 4.28. The van der Waals surface area contributed by atoms with Crippen molar-refractivity contribution in [1.29, 1.82) is 0 Å². The number of benzene rings is 1. The average Bonchev–Trinajstić information content (AvgIpc) is 2.14. The van der Waals surface area contributed by atoms with Crippen LogP contribution in [0.2, 0.25) is 0 Å². The zero-order valence-electron chi connectivity index (χ0n) is 8.74. The fourth-order valence-electron chi connectivity index (χ4n) is 1.09. The summed E-state index contributed by atoms with van der Waals surface area (Å²) in [4.78, 5) is 0. The SMILES string of the molecule is CS(=O)(=O)CCOc1cc(F)cc(CBr)c1. The molecule has 0 bridgehead atoms. The standard InChI is InChI=1S/C10H12BrFO3S/c1-16(13,14)3-2-15-10-5-8(7-11)4-9(12)6-10/h4-6H,2-3,7H2,1H3. The molecule has 0 saturated carbocycles. The molecule has 90 valence electrons. The molecule has 1 aromatic carbocycles. The lowest BCUT2D eigenvalue weighted by Crippen LogP contribution is -2.12. The number of ether oxygens (including phenoxy) is 1. The summed E-state index contributed by atoms with van der Waals surface area (Å²) in [6.07, 6.45) is 1.13. The Hall–Kier alpha value is -0.620. The van der Waals surface area contributed by atoms with Gasteiger partial charge < -0.3 is 4.74 Å². The molecule has 0 aliphatic carbocycles. The molecule has 0 fully saturated rings. The van der Waals surface area contributed by atoms with E-state index in [1.807, 2.05) is 0 Å². The van der Waals surface area contributed by atoms with Gasteiger partial charge in [-0.1, -0.05) is 15.9 Å². The Morgan fingerprint density at radius 1 is 1.38 bits per heavy atom. The lowest BCUT2D eigenvalue weighted by Gasteiger charge is -2.06. The molecule has 3 nitrogen and oxygen atoms in total. The number of hydrogen-bond donors (Lipinski definition) is 0. The highest BCUT2D eigenvalue weighted by Gasteiger charge is 2.04. The van der Waals surface area contributed by atoms with Crippen LogP contribution in [0.25, 0.3) is 0 Å². The largest absolute Gasteiger partial charge is 0.492 e. The molecule has 0 aromatic heterocycles. The lowest BCUT2D eigenvalue weighted by atomic mass is 10.2. The molecular weight excluding hydrogens is 299 g/mol. The van der Waals surface area contributed by atoms with Crippen molar-refractivity contribution in [3.63, 3.8) is 0 Å². The molecule has 0 aliphatic rings. The van der Waals surface area contributed by atoms with Crippen LogP contribution in [-0.2, 0) is 15.2 Å². The second-order valence-corrected chi connectivity index (χ2v) is 6.23. The van der Waals surface area contributed by atoms with Crippen molar-refractivity contribution < 1.29 is 17.5 Å². The summed E-state index contributed by atoms with van der Waals surface area (Å²) < 4.78 is 39.9. The topological polar surface area (TPSA) is 43.4 Å². The number of alkyl halides is 1. The van der Waals surface area contributed by atoms with Crippen LogP contribution in [0.1, 0.15) is 5.56 Å². The smallest absolute Gasteiger partial charge is 0.150 e. The molecule has 0 radical (unpaired) electrons. The quantitative estimate of drug-likeness (QED) is 0.783. The summed E-state index contributed by atoms with van der Waals surface area (Å²) >= 11 is 3.21. The van der Waals surface area contributed by atoms with Crippen molar-refractivity contribution in [2.75, 3.05) is 18.6 Å². The van der Waals surface area contributed by atoms with E-state index in [2.05, 4.69) is 15.9 Å². The van der Waals surface area contributed by atoms with Gasteiger partial charge in [0.05, 0.1) is 5.75 Å². The Morgan fingerprint density at radius 2 is 2.06 bits per heavy atom. The first-order chi connectivity index (χ1) is 7.40. The van der Waals surface area contributed by atoms with Crippen LogP contribution >= 0.6 is 15.9 Å². The monoisotopic (exact) mass is 310 g/mol. The van der Waals surface area contributed by atoms with E-state index >= 15 is 0 Å². The van der Waals surface area contributed by atoms with E-state index in [0.717, 1.165) is 11.8 Å². The third kappa shape index (κ3) is 4.94. The van der Waals surface area contributed by atoms with Gasteiger partial charge in [0.25, 0.3) is 0 Å². The molecular formula is C10H12BrFO3S. The van der Waals surface area contributed by atoms with Crippen LogP contribution in [0.15, 0.2) is 18.2 Å². The number of sulfone groups is 1. The van der Waals surface area contributed by atoms with E-state index < -0.39 is 15.7 Å². The minimum Gasteiger partial charge on any atom is -0.492 e. The summed E-state index contributed by atoms with van der Waals surface area (Å²) in [5.74, 6) is -0.128. The van der Waals surface area contributed by atoms with Gasteiger partial charge in [-0.05, 0) is 17.7 Å². The summed E-state index contributed by atoms with van der Waals surface area (Å²) in [5, 5.41) is 0.521. The normalized spacial score (nSPS) is 11.4. The Balaban J connectivity index is 2.63. The van der Waals surface area contributed by atoms with Crippen molar-refractivity contribution in [2.24, 2.45) is 0 Å². The second-order valence-electron chi connectivity index (χ2n) is 3.41. The highest BCUT2D eigenvalue weighted by molar-refractivity contribution is 9.08. The minimum absolute atomic E-state index is 0.0318. The maximum atomic E-state index is 13.1. The van der Waals surface area contributed by atoms with Gasteiger partial charge in [0.1, 0.15) is 18.2 Å². The molecule has 0 spiro atoms. The first kappa shape index (κ1) is 13.4. The molecule has 0 heterocycles. The van der Waals surface area contributed by atoms with Gasteiger partial charge >= 0.3 is 0 Å². The maximum absolute atomic E-state index is 13.1. The molecule has 0 amide bonds. The summed E-state index contributed by atoms with van der Waals surface area (Å²) in [7, 11) is -3.05. The average molecular weight is 311 g/mol. The zero-order valence-corrected chi connectivity index (χ0v) is 11.1. The number of rotatable bonds is 5. The summed E-state index contributed by atoms with van der Waals surface area (Å²) in [5.41, 5.74) is 0.745. The molecule has 0 aliphatic heterocycles. The van der Waals surface area contributed by atoms with Crippen LogP contribution in [0.4, 0.5) is 4.39 Å². The van der Waals surface area contributed by atoms with Gasteiger partial charge in [0.2, 0.25) is 0 Å². The van der Waals surface area contributed by atoms with Gasteiger partial charge in [-0.2, -0.15) is 0 Å². The third-order valence-electron chi connectivity index (χ3n) is 1.81. The third-order valence-corrected chi connectivity index (χ3v) is 3.36. The fraction of sp³-hybridized carbons (Fsp3) is 0.400. The van der Waals surface area contributed by atoms with Gasteiger partial charge in [0, 0.05) is 17.7 Å². The van der Waals surface area contributed by atoms with E-state index in [4.69, 9.17) is 4.74 Å². The maximum Gasteiger partial charge on any atom is 0.150 e. The molecule has 1 aromatic rings. The molecule has 1 rings (SSSR count). The van der Waals surface area contributed by atoms with E-state index in [0.29, 0.717) is 11.1 Å². The molecule has 0 unspecified atom stereocenters. The molecule has 0 atom stereocenters. The molecule has 16 heavy (non-hydrogen) atoms. The van der Waals surface area contributed by atoms with Crippen molar-refractivity contribution in [1.82, 2.24) is 0 Å². The van der Waals surface area contributed by atoms with Crippen LogP contribution in [-0.4, -0.2) is 27.0 Å². The first-order valence-electron chi connectivity index (χ1n) is 4.56. The lowest BCUT2D eigenvalue weighted by molar-refractivity contribution is 0.339. The Bertz CT molecular complexity index is 459. The van der Waals surface area contributed by atoms with Crippen LogP contribution in [0.3, 0.4) is 0 Å². The number of hydrogen-bond acceptors (Lipinski definition) is 3. The highest BCUT2D eigenvalue weighted by atomic mass is 79.9. The Morgan fingerprint density at radius 3 is 2.62 bits per heavy atom. The Kier molecular flexibility index (Phi) is 4.73. The van der Waals surface area contributed by atoms with Crippen LogP contribution in [0.5, 0.6) is 5.75 Å². The number of halogens is 2. The van der Waals surface area contributed by atoms with Gasteiger partial charge in [-0.25, -0.2) is 12.8 Å². The molecule has 0 saturated heterocycles. The highest BCUT2D eigenvalue weighted by Crippen LogP contribution is 2.18. The predicted molar refractivity (Wildman–Crippen MR) is 64.2 cm³/mol. The van der Waals surface area contributed by atoms with Crippen molar-refractivity contribution in [2.45, 2.75) is 5.33 Å². The zero-order chi connectivity index (χ0) is 12.2. The van der Waals surface area contributed by atoms with Gasteiger partial charge in [0.15, 0.2) is 9.84 Å². The van der Waals surface area contributed by atoms with Crippen LogP contribution < -0.4 is 4.74 Å². The van der Waals surface area contributed by atoms with Crippen LogP contribution in [0, 0.1) is 5.82 Å². The van der Waals surface area contributed by atoms with E-state index in [-0.39, 0.29) is 12.4 Å². The van der Waals surface area contributed by atoms with E-state index in [1.54, 1.807) is 6.07 Å². The Labute approximate surface area is 103 Å². The summed E-state index contributed by atoms with van der Waals surface area (Å²) in [6.45, 7) is 0.0318. The van der Waals surface area contributed by atoms with Gasteiger partial charge in [-0.3, -0.25) is 0 Å². The van der Waals surface area contributed by atoms with Crippen molar-refractivity contribution in [3.8, 4) is 5.75 Å². The van der Waals surface area contributed by atoms with Gasteiger partial charge in [-0.15, -0.1) is 0 Å².